The lowest BCUT2D eigenvalue weighted by Crippen LogP contribution is -2.35. The number of rotatable bonds is 3. The van der Waals surface area contributed by atoms with E-state index in [1.807, 2.05) is 6.07 Å². The molecule has 2 N–H and O–H groups in total. The van der Waals surface area contributed by atoms with E-state index >= 15 is 0 Å². The molecule has 0 spiro atoms. The number of carbonyl (C=O) groups is 1. The van der Waals surface area contributed by atoms with Crippen molar-refractivity contribution in [3.05, 3.63) is 23.9 Å². The van der Waals surface area contributed by atoms with Crippen LogP contribution in [0.25, 0.3) is 0 Å². The molecule has 5 heteroatoms. The summed E-state index contributed by atoms with van der Waals surface area (Å²) in [6, 6.07) is 6.58. The van der Waals surface area contributed by atoms with Crippen molar-refractivity contribution >= 4 is 11.7 Å². The first-order valence-corrected chi connectivity index (χ1v) is 4.52. The number of aromatic nitrogens is 1. The lowest BCUT2D eigenvalue weighted by molar-refractivity contribution is -0.121. The molecule has 15 heavy (non-hydrogen) atoms. The van der Waals surface area contributed by atoms with E-state index in [-0.39, 0.29) is 11.9 Å². The van der Waals surface area contributed by atoms with Crippen LogP contribution >= 0.6 is 0 Å². The van der Waals surface area contributed by atoms with Gasteiger partial charge in [-0.3, -0.25) is 4.79 Å². The number of pyridine rings is 1. The fourth-order valence-corrected chi connectivity index (χ4v) is 1.08. The second-order valence-corrected chi connectivity index (χ2v) is 3.00. The summed E-state index contributed by atoms with van der Waals surface area (Å²) >= 11 is 0. The van der Waals surface area contributed by atoms with Crippen LogP contribution in [-0.2, 0) is 4.79 Å². The first kappa shape index (κ1) is 11.0. The van der Waals surface area contributed by atoms with Gasteiger partial charge < -0.3 is 10.6 Å². The zero-order valence-electron chi connectivity index (χ0n) is 8.61. The number of hydrogen-bond donors (Lipinski definition) is 2. The fraction of sp³-hybridized carbons (Fsp3) is 0.300. The van der Waals surface area contributed by atoms with Crippen molar-refractivity contribution in [3.8, 4) is 6.07 Å². The van der Waals surface area contributed by atoms with Crippen molar-refractivity contribution in [1.29, 1.82) is 5.26 Å². The zero-order valence-corrected chi connectivity index (χ0v) is 8.61. The predicted molar refractivity (Wildman–Crippen MR) is 56.1 cm³/mol. The molecule has 1 heterocycles. The molecule has 0 unspecified atom stereocenters. The summed E-state index contributed by atoms with van der Waals surface area (Å²) in [5, 5.41) is 14.0. The maximum absolute atomic E-state index is 11.2. The van der Waals surface area contributed by atoms with Gasteiger partial charge in [0.25, 0.3) is 0 Å². The number of amides is 1. The van der Waals surface area contributed by atoms with Crippen LogP contribution in [0.1, 0.15) is 12.6 Å². The molecule has 0 aliphatic rings. The van der Waals surface area contributed by atoms with Gasteiger partial charge in [0.05, 0.1) is 0 Å². The third-order valence-corrected chi connectivity index (χ3v) is 1.87. The van der Waals surface area contributed by atoms with Crippen LogP contribution < -0.4 is 10.6 Å². The summed E-state index contributed by atoms with van der Waals surface area (Å²) < 4.78 is 0. The van der Waals surface area contributed by atoms with Crippen LogP contribution in [0.15, 0.2) is 18.2 Å². The molecule has 0 fully saturated rings. The van der Waals surface area contributed by atoms with Gasteiger partial charge >= 0.3 is 0 Å². The van der Waals surface area contributed by atoms with E-state index in [1.165, 1.54) is 0 Å². The summed E-state index contributed by atoms with van der Waals surface area (Å²) in [4.78, 5) is 15.2. The Kier molecular flexibility index (Phi) is 3.63. The second kappa shape index (κ2) is 4.96. The highest BCUT2D eigenvalue weighted by atomic mass is 16.2. The lowest BCUT2D eigenvalue weighted by atomic mass is 10.3. The quantitative estimate of drug-likeness (QED) is 0.751. The molecule has 0 bridgehead atoms. The standard InChI is InChI=1S/C10H12N4O/c1-7(10(15)12-2)13-9-5-3-4-8(6-11)14-9/h3-5,7H,1-2H3,(H,12,15)(H,13,14)/t7-/m1/s1. The van der Waals surface area contributed by atoms with E-state index in [1.54, 1.807) is 32.2 Å². The lowest BCUT2D eigenvalue weighted by Gasteiger charge is -2.12. The predicted octanol–water partition coefficient (Wildman–Crippen LogP) is 0.500. The number of nitrogens with one attached hydrogen (secondary N) is 2. The molecular weight excluding hydrogens is 192 g/mol. The van der Waals surface area contributed by atoms with Crippen molar-refractivity contribution in [2.75, 3.05) is 12.4 Å². The molecule has 0 saturated carbocycles. The van der Waals surface area contributed by atoms with Crippen molar-refractivity contribution in [2.45, 2.75) is 13.0 Å². The van der Waals surface area contributed by atoms with Gasteiger partial charge in [0.15, 0.2) is 0 Å². The van der Waals surface area contributed by atoms with Crippen molar-refractivity contribution in [3.63, 3.8) is 0 Å². The minimum Gasteiger partial charge on any atom is -0.359 e. The highest BCUT2D eigenvalue weighted by Crippen LogP contribution is 2.05. The van der Waals surface area contributed by atoms with E-state index in [0.717, 1.165) is 0 Å². The topological polar surface area (TPSA) is 77.8 Å². The Morgan fingerprint density at radius 2 is 2.33 bits per heavy atom. The number of hydrogen-bond acceptors (Lipinski definition) is 4. The van der Waals surface area contributed by atoms with Crippen LogP contribution in [0.5, 0.6) is 0 Å². The number of nitriles is 1. The van der Waals surface area contributed by atoms with E-state index in [4.69, 9.17) is 5.26 Å². The highest BCUT2D eigenvalue weighted by Gasteiger charge is 2.10. The molecule has 1 rings (SSSR count). The number of likely N-dealkylation sites (N-methyl/N-ethyl adjacent to an activating group) is 1. The van der Waals surface area contributed by atoms with Gasteiger partial charge in [-0.2, -0.15) is 5.26 Å². The molecular formula is C10H12N4O. The molecule has 0 aliphatic heterocycles. The Balaban J connectivity index is 2.73. The van der Waals surface area contributed by atoms with Gasteiger partial charge in [0.2, 0.25) is 5.91 Å². The van der Waals surface area contributed by atoms with Gasteiger partial charge in [-0.25, -0.2) is 4.98 Å². The van der Waals surface area contributed by atoms with E-state index in [2.05, 4.69) is 15.6 Å². The molecule has 1 atom stereocenters. The summed E-state index contributed by atoms with van der Waals surface area (Å²) in [7, 11) is 1.57. The van der Waals surface area contributed by atoms with E-state index in [9.17, 15) is 4.79 Å². The smallest absolute Gasteiger partial charge is 0.241 e. The minimum atomic E-state index is -0.378. The van der Waals surface area contributed by atoms with Gasteiger partial charge in [-0.15, -0.1) is 0 Å². The average Bonchev–Trinajstić information content (AvgIpc) is 2.28. The normalized spacial score (nSPS) is 11.3. The van der Waals surface area contributed by atoms with Gasteiger partial charge in [0.1, 0.15) is 23.6 Å². The number of nitrogens with zero attached hydrogens (tertiary/aromatic N) is 2. The van der Waals surface area contributed by atoms with Crippen molar-refractivity contribution in [2.24, 2.45) is 0 Å². The van der Waals surface area contributed by atoms with Crippen LogP contribution in [-0.4, -0.2) is 24.0 Å². The SMILES string of the molecule is CNC(=O)[C@@H](C)Nc1cccc(C#N)n1. The Hall–Kier alpha value is -2.09. The molecule has 0 aromatic carbocycles. The largest absolute Gasteiger partial charge is 0.359 e. The third kappa shape index (κ3) is 2.95. The fourth-order valence-electron chi connectivity index (χ4n) is 1.08. The molecule has 1 aromatic rings. The average molecular weight is 204 g/mol. The molecule has 1 aromatic heterocycles. The van der Waals surface area contributed by atoms with E-state index < -0.39 is 0 Å². The van der Waals surface area contributed by atoms with Gasteiger partial charge in [-0.1, -0.05) is 6.07 Å². The Morgan fingerprint density at radius 3 is 2.93 bits per heavy atom. The Bertz CT molecular complexity index is 397. The zero-order chi connectivity index (χ0) is 11.3. The molecule has 5 nitrogen and oxygen atoms in total. The van der Waals surface area contributed by atoms with Crippen LogP contribution in [0, 0.1) is 11.3 Å². The van der Waals surface area contributed by atoms with Crippen LogP contribution in [0.3, 0.4) is 0 Å². The molecule has 0 aliphatic carbocycles. The minimum absolute atomic E-state index is 0.126. The molecule has 0 radical (unpaired) electrons. The highest BCUT2D eigenvalue weighted by molar-refractivity contribution is 5.83. The summed E-state index contributed by atoms with van der Waals surface area (Å²) in [6.45, 7) is 1.72. The third-order valence-electron chi connectivity index (χ3n) is 1.87. The Morgan fingerprint density at radius 1 is 1.60 bits per heavy atom. The number of anilines is 1. The summed E-state index contributed by atoms with van der Waals surface area (Å²) in [5.74, 6) is 0.393. The van der Waals surface area contributed by atoms with Crippen molar-refractivity contribution in [1.82, 2.24) is 10.3 Å². The Labute approximate surface area is 88.1 Å². The maximum Gasteiger partial charge on any atom is 0.241 e. The first-order valence-electron chi connectivity index (χ1n) is 4.52. The summed E-state index contributed by atoms with van der Waals surface area (Å²) in [6.07, 6.45) is 0. The monoisotopic (exact) mass is 204 g/mol. The van der Waals surface area contributed by atoms with Crippen LogP contribution in [0.2, 0.25) is 0 Å². The van der Waals surface area contributed by atoms with Gasteiger partial charge in [0, 0.05) is 7.05 Å². The summed E-state index contributed by atoms with van der Waals surface area (Å²) in [5.41, 5.74) is 0.323. The van der Waals surface area contributed by atoms with E-state index in [0.29, 0.717) is 11.5 Å². The second-order valence-electron chi connectivity index (χ2n) is 3.00. The van der Waals surface area contributed by atoms with Crippen molar-refractivity contribution < 1.29 is 4.79 Å². The molecule has 0 saturated heterocycles. The molecule has 1 amide bonds. The van der Waals surface area contributed by atoms with Crippen LogP contribution in [0.4, 0.5) is 5.82 Å². The first-order chi connectivity index (χ1) is 7.17. The maximum atomic E-state index is 11.2. The molecule has 78 valence electrons. The van der Waals surface area contributed by atoms with Gasteiger partial charge in [-0.05, 0) is 19.1 Å². The number of carbonyl (C=O) groups excluding carboxylic acids is 1.